The maximum absolute atomic E-state index is 6.17. The number of aryl methyl sites for hydroxylation is 1. The first-order valence-electron chi connectivity index (χ1n) is 6.68. The largest absolute Gasteiger partial charge is 1.00 e. The molecule has 0 fully saturated rings. The van der Waals surface area contributed by atoms with Gasteiger partial charge in [0.15, 0.2) is 0 Å². The molecule has 0 saturated carbocycles. The summed E-state index contributed by atoms with van der Waals surface area (Å²) in [5, 5.41) is 0. The Balaban J connectivity index is 0.00000161. The molecule has 2 aromatic carbocycles. The Labute approximate surface area is 130 Å². The molecule has 1 heterocycles. The Morgan fingerprint density at radius 2 is 1.71 bits per heavy atom. The van der Waals surface area contributed by atoms with Crippen LogP contribution < -0.4 is 27.4 Å². The van der Waals surface area contributed by atoms with E-state index in [2.05, 4.69) is 16.7 Å². The van der Waals surface area contributed by atoms with Crippen LogP contribution in [0.25, 0.3) is 11.0 Å². The lowest BCUT2D eigenvalue weighted by atomic mass is 10.3. The number of halogens is 1. The number of rotatable bonds is 4. The number of nitrogens with zero attached hydrogens (tertiary/aromatic N) is 2. The second kappa shape index (κ2) is 6.50. The molecule has 3 rings (SSSR count). The van der Waals surface area contributed by atoms with Crippen LogP contribution in [0.15, 0.2) is 54.6 Å². The molecule has 0 saturated heterocycles. The van der Waals surface area contributed by atoms with Gasteiger partial charge in [0.05, 0.1) is 7.05 Å². The van der Waals surface area contributed by atoms with Crippen molar-refractivity contribution in [3.63, 3.8) is 0 Å². The second-order valence-corrected chi connectivity index (χ2v) is 4.72. The van der Waals surface area contributed by atoms with Crippen LogP contribution in [-0.2, 0) is 13.6 Å². The molecule has 2 N–H and O–H groups in total. The number of aromatic nitrogens is 2. The molecule has 3 aromatic rings. The van der Waals surface area contributed by atoms with E-state index in [0.29, 0.717) is 6.61 Å². The second-order valence-electron chi connectivity index (χ2n) is 4.72. The summed E-state index contributed by atoms with van der Waals surface area (Å²) in [5.41, 5.74) is 8.42. The van der Waals surface area contributed by atoms with Crippen LogP contribution in [0.4, 0.5) is 5.95 Å². The van der Waals surface area contributed by atoms with Gasteiger partial charge in [0.2, 0.25) is 0 Å². The van der Waals surface area contributed by atoms with Gasteiger partial charge in [0, 0.05) is 0 Å². The van der Waals surface area contributed by atoms with Crippen molar-refractivity contribution >= 4 is 17.0 Å². The number of ether oxygens (including phenoxy) is 1. The smallest absolute Gasteiger partial charge is 0.355 e. The summed E-state index contributed by atoms with van der Waals surface area (Å²) in [6.07, 6.45) is 0. The highest BCUT2D eigenvalue weighted by atomic mass is 35.5. The fraction of sp³-hybridized carbons (Fsp3) is 0.188. The van der Waals surface area contributed by atoms with Crippen molar-refractivity contribution in [2.24, 2.45) is 7.05 Å². The third-order valence-electron chi connectivity index (χ3n) is 3.48. The molecule has 0 bridgehead atoms. The highest BCUT2D eigenvalue weighted by molar-refractivity contribution is 5.73. The van der Waals surface area contributed by atoms with Crippen molar-refractivity contribution in [2.45, 2.75) is 6.54 Å². The number of hydrogen-bond acceptors (Lipinski definition) is 2. The van der Waals surface area contributed by atoms with E-state index >= 15 is 0 Å². The van der Waals surface area contributed by atoms with Gasteiger partial charge in [-0.05, 0) is 24.3 Å². The van der Waals surface area contributed by atoms with Gasteiger partial charge in [0.25, 0.3) is 0 Å². The van der Waals surface area contributed by atoms with Crippen molar-refractivity contribution in [2.75, 3.05) is 12.3 Å². The molecule has 21 heavy (non-hydrogen) atoms. The fourth-order valence-corrected chi connectivity index (χ4v) is 2.41. The quantitative estimate of drug-likeness (QED) is 0.637. The van der Waals surface area contributed by atoms with Gasteiger partial charge in [0.1, 0.15) is 29.9 Å². The SMILES string of the molecule is C[n+]1c(N)n(CCOc2ccccc2)c2ccccc21.[Cl-]. The van der Waals surface area contributed by atoms with Crippen LogP contribution in [0.2, 0.25) is 0 Å². The molecule has 0 aliphatic carbocycles. The van der Waals surface area contributed by atoms with Crippen molar-refractivity contribution < 1.29 is 21.7 Å². The Hall–Kier alpha value is -2.20. The van der Waals surface area contributed by atoms with Crippen LogP contribution in [0.5, 0.6) is 5.75 Å². The number of fused-ring (bicyclic) bond motifs is 1. The van der Waals surface area contributed by atoms with Crippen molar-refractivity contribution in [1.29, 1.82) is 0 Å². The third kappa shape index (κ3) is 2.95. The van der Waals surface area contributed by atoms with E-state index in [1.807, 2.05) is 54.1 Å². The first-order chi connectivity index (χ1) is 9.77. The van der Waals surface area contributed by atoms with Gasteiger partial charge in [-0.15, -0.1) is 0 Å². The summed E-state index contributed by atoms with van der Waals surface area (Å²) in [6, 6.07) is 18.0. The zero-order chi connectivity index (χ0) is 13.9. The van der Waals surface area contributed by atoms with E-state index in [-0.39, 0.29) is 12.4 Å². The van der Waals surface area contributed by atoms with Gasteiger partial charge >= 0.3 is 5.95 Å². The van der Waals surface area contributed by atoms with Gasteiger partial charge in [-0.1, -0.05) is 30.3 Å². The van der Waals surface area contributed by atoms with E-state index in [0.717, 1.165) is 29.3 Å². The predicted octanol–water partition coefficient (Wildman–Crippen LogP) is -0.869. The van der Waals surface area contributed by atoms with E-state index in [1.165, 1.54) is 0 Å². The van der Waals surface area contributed by atoms with Crippen molar-refractivity contribution in [3.8, 4) is 5.75 Å². The molecular formula is C16H18ClN3O. The Morgan fingerprint density at radius 1 is 1.05 bits per heavy atom. The molecule has 1 aromatic heterocycles. The number of nitrogens with two attached hydrogens (primary N) is 1. The minimum Gasteiger partial charge on any atom is -1.00 e. The summed E-state index contributed by atoms with van der Waals surface area (Å²) >= 11 is 0. The lowest BCUT2D eigenvalue weighted by Gasteiger charge is -2.05. The maximum atomic E-state index is 6.17. The summed E-state index contributed by atoms with van der Waals surface area (Å²) in [4.78, 5) is 0. The topological polar surface area (TPSA) is 44.1 Å². The Kier molecular flexibility index (Phi) is 4.70. The maximum Gasteiger partial charge on any atom is 0.355 e. The molecule has 0 radical (unpaired) electrons. The van der Waals surface area contributed by atoms with Crippen LogP contribution in [0.1, 0.15) is 0 Å². The van der Waals surface area contributed by atoms with Crippen LogP contribution >= 0.6 is 0 Å². The summed E-state index contributed by atoms with van der Waals surface area (Å²) in [6.45, 7) is 1.31. The molecule has 110 valence electrons. The molecule has 0 spiro atoms. The zero-order valence-corrected chi connectivity index (χ0v) is 12.6. The van der Waals surface area contributed by atoms with E-state index in [9.17, 15) is 0 Å². The predicted molar refractivity (Wildman–Crippen MR) is 79.5 cm³/mol. The van der Waals surface area contributed by atoms with Crippen LogP contribution in [-0.4, -0.2) is 11.2 Å². The number of benzene rings is 2. The van der Waals surface area contributed by atoms with E-state index in [4.69, 9.17) is 10.5 Å². The molecule has 0 aliphatic heterocycles. The average Bonchev–Trinajstić information content (AvgIpc) is 2.74. The van der Waals surface area contributed by atoms with Crippen LogP contribution in [0.3, 0.4) is 0 Å². The van der Waals surface area contributed by atoms with Gasteiger partial charge in [-0.25, -0.2) is 9.13 Å². The first-order valence-corrected chi connectivity index (χ1v) is 6.68. The Bertz CT molecular complexity index is 725. The zero-order valence-electron chi connectivity index (χ0n) is 11.9. The summed E-state index contributed by atoms with van der Waals surface area (Å²) < 4.78 is 9.82. The molecule has 4 nitrogen and oxygen atoms in total. The highest BCUT2D eigenvalue weighted by Gasteiger charge is 2.17. The van der Waals surface area contributed by atoms with E-state index < -0.39 is 0 Å². The van der Waals surface area contributed by atoms with Crippen molar-refractivity contribution in [1.82, 2.24) is 4.57 Å². The standard InChI is InChI=1S/C16H17N3O.ClH/c1-18-14-9-5-6-10-15(14)19(16(18)17)11-12-20-13-7-3-2-4-8-13;/h2-10,17H,11-12H2,1H3;1H. The molecule has 0 amide bonds. The minimum absolute atomic E-state index is 0. The average molecular weight is 304 g/mol. The van der Waals surface area contributed by atoms with Gasteiger partial charge in [-0.2, -0.15) is 0 Å². The van der Waals surface area contributed by atoms with Gasteiger partial charge in [-0.3, -0.25) is 5.73 Å². The number of anilines is 1. The fourth-order valence-electron chi connectivity index (χ4n) is 2.41. The van der Waals surface area contributed by atoms with Gasteiger partial charge < -0.3 is 17.1 Å². The summed E-state index contributed by atoms with van der Waals surface area (Å²) in [7, 11) is 1.98. The minimum atomic E-state index is 0. The summed E-state index contributed by atoms with van der Waals surface area (Å²) in [5.74, 6) is 1.62. The number of nitrogen functional groups attached to an aromatic ring is 1. The monoisotopic (exact) mass is 303 g/mol. The van der Waals surface area contributed by atoms with Crippen molar-refractivity contribution in [3.05, 3.63) is 54.6 Å². The number of para-hydroxylation sites is 3. The normalized spacial score (nSPS) is 10.3. The number of hydrogen-bond donors (Lipinski definition) is 1. The lowest BCUT2D eigenvalue weighted by molar-refractivity contribution is -0.630. The molecule has 0 atom stereocenters. The molecule has 0 unspecified atom stereocenters. The van der Waals surface area contributed by atoms with Crippen LogP contribution in [0, 0.1) is 0 Å². The number of imidazole rings is 1. The van der Waals surface area contributed by atoms with E-state index in [1.54, 1.807) is 0 Å². The molecule has 5 heteroatoms. The molecule has 0 aliphatic rings. The third-order valence-corrected chi connectivity index (χ3v) is 3.48. The Morgan fingerprint density at radius 3 is 2.48 bits per heavy atom. The first kappa shape index (κ1) is 15.2. The molecular weight excluding hydrogens is 286 g/mol. The lowest BCUT2D eigenvalue weighted by Crippen LogP contribution is -3.00. The highest BCUT2D eigenvalue weighted by Crippen LogP contribution is 2.15.